The summed E-state index contributed by atoms with van der Waals surface area (Å²) < 4.78 is 10.8. The summed E-state index contributed by atoms with van der Waals surface area (Å²) in [5.41, 5.74) is 5.54. The Bertz CT molecular complexity index is 696. The van der Waals surface area contributed by atoms with Gasteiger partial charge in [-0.15, -0.1) is 0 Å². The molecule has 3 N–H and O–H groups in total. The highest BCUT2D eigenvalue weighted by Gasteiger charge is 2.32. The van der Waals surface area contributed by atoms with Gasteiger partial charge in [0.05, 0.1) is 12.2 Å². The predicted octanol–water partition coefficient (Wildman–Crippen LogP) is 1.08. The Morgan fingerprint density at radius 3 is 2.68 bits per heavy atom. The molecule has 25 heavy (non-hydrogen) atoms. The zero-order valence-electron chi connectivity index (χ0n) is 14.8. The van der Waals surface area contributed by atoms with Crippen LogP contribution in [-0.2, 0) is 9.53 Å². The van der Waals surface area contributed by atoms with E-state index in [0.29, 0.717) is 17.0 Å². The van der Waals surface area contributed by atoms with E-state index in [1.54, 1.807) is 46.0 Å². The largest absolute Gasteiger partial charge is 0.489 e. The van der Waals surface area contributed by atoms with Crippen molar-refractivity contribution in [2.24, 2.45) is 5.73 Å². The highest BCUT2D eigenvalue weighted by atomic mass is 16.6. The van der Waals surface area contributed by atoms with Crippen LogP contribution in [0.25, 0.3) is 0 Å². The van der Waals surface area contributed by atoms with Gasteiger partial charge in [0.25, 0.3) is 5.91 Å². The van der Waals surface area contributed by atoms with Crippen LogP contribution in [0.15, 0.2) is 18.2 Å². The molecule has 1 aromatic carbocycles. The normalized spacial score (nSPS) is 17.2. The van der Waals surface area contributed by atoms with Gasteiger partial charge in [0.2, 0.25) is 0 Å². The molecule has 0 bridgehead atoms. The maximum absolute atomic E-state index is 12.6. The molecule has 2 amide bonds. The Labute approximate surface area is 146 Å². The molecule has 0 radical (unpaired) electrons. The Balaban J connectivity index is 2.20. The van der Waals surface area contributed by atoms with Crippen LogP contribution in [0.2, 0.25) is 0 Å². The number of carbonyl (C=O) groups is 3. The number of Topliss-reactive ketones (excluding diaryl/α,β-unsaturated/α-hetero) is 1. The average Bonchev–Trinajstić information content (AvgIpc) is 2.64. The fourth-order valence-corrected chi connectivity index (χ4v) is 2.34. The van der Waals surface area contributed by atoms with E-state index in [4.69, 9.17) is 15.2 Å². The molecule has 2 rings (SSSR count). The first-order valence-corrected chi connectivity index (χ1v) is 7.89. The molecule has 1 atom stereocenters. The van der Waals surface area contributed by atoms with Crippen LogP contribution < -0.4 is 20.7 Å². The maximum atomic E-state index is 12.6. The molecule has 1 aliphatic heterocycles. The SMILES string of the molecule is CN1C(=O)[C@@H](NC(=O)OC(C)(C)C)COc2ccc(C(=O)CN)cc21. The van der Waals surface area contributed by atoms with Gasteiger partial charge < -0.3 is 25.4 Å². The lowest BCUT2D eigenvalue weighted by Crippen LogP contribution is -2.50. The number of ketones is 1. The van der Waals surface area contributed by atoms with Crippen LogP contribution in [0.3, 0.4) is 0 Å². The van der Waals surface area contributed by atoms with Gasteiger partial charge in [0.1, 0.15) is 24.0 Å². The van der Waals surface area contributed by atoms with Gasteiger partial charge in [-0.2, -0.15) is 0 Å². The summed E-state index contributed by atoms with van der Waals surface area (Å²) in [7, 11) is 1.55. The molecule has 1 aliphatic rings. The summed E-state index contributed by atoms with van der Waals surface area (Å²) in [4.78, 5) is 37.7. The Hall–Kier alpha value is -2.61. The van der Waals surface area contributed by atoms with Crippen molar-refractivity contribution in [1.29, 1.82) is 0 Å². The first-order chi connectivity index (χ1) is 11.6. The number of nitrogens with two attached hydrogens (primary N) is 1. The van der Waals surface area contributed by atoms with E-state index in [9.17, 15) is 14.4 Å². The number of nitrogens with zero attached hydrogens (tertiary/aromatic N) is 1. The topological polar surface area (TPSA) is 111 Å². The molecule has 0 unspecified atom stereocenters. The van der Waals surface area contributed by atoms with Gasteiger partial charge in [-0.25, -0.2) is 4.79 Å². The highest BCUT2D eigenvalue weighted by Crippen LogP contribution is 2.31. The van der Waals surface area contributed by atoms with Crippen LogP contribution in [0, 0.1) is 0 Å². The molecule has 0 spiro atoms. The molecular formula is C17H23N3O5. The van der Waals surface area contributed by atoms with E-state index in [1.165, 1.54) is 4.90 Å². The molecule has 1 aromatic rings. The van der Waals surface area contributed by atoms with Crippen molar-refractivity contribution in [3.8, 4) is 5.75 Å². The Morgan fingerprint density at radius 1 is 1.40 bits per heavy atom. The van der Waals surface area contributed by atoms with Gasteiger partial charge in [-0.3, -0.25) is 9.59 Å². The van der Waals surface area contributed by atoms with Crippen molar-refractivity contribution < 1.29 is 23.9 Å². The second kappa shape index (κ2) is 7.10. The second-order valence-corrected chi connectivity index (χ2v) is 6.72. The van der Waals surface area contributed by atoms with Crippen molar-refractivity contribution in [3.63, 3.8) is 0 Å². The minimum absolute atomic E-state index is 0.0421. The molecular weight excluding hydrogens is 326 g/mol. The maximum Gasteiger partial charge on any atom is 0.408 e. The van der Waals surface area contributed by atoms with Crippen molar-refractivity contribution in [3.05, 3.63) is 23.8 Å². The van der Waals surface area contributed by atoms with Crippen molar-refractivity contribution in [1.82, 2.24) is 5.32 Å². The number of ether oxygens (including phenoxy) is 2. The van der Waals surface area contributed by atoms with E-state index in [1.807, 2.05) is 0 Å². The summed E-state index contributed by atoms with van der Waals surface area (Å²) in [6.45, 7) is 5.03. The fraction of sp³-hybridized carbons (Fsp3) is 0.471. The van der Waals surface area contributed by atoms with Crippen LogP contribution in [0.5, 0.6) is 5.75 Å². The lowest BCUT2D eigenvalue weighted by molar-refractivity contribution is -0.120. The summed E-state index contributed by atoms with van der Waals surface area (Å²) >= 11 is 0. The standard InChI is InChI=1S/C17H23N3O5/c1-17(2,3)25-16(23)19-11-9-24-14-6-5-10(13(21)8-18)7-12(14)20(4)15(11)22/h5-7,11H,8-9,18H2,1-4H3,(H,19,23)/t11-/m0/s1. The molecule has 0 fully saturated rings. The zero-order valence-corrected chi connectivity index (χ0v) is 14.8. The third-order valence-corrected chi connectivity index (χ3v) is 3.55. The summed E-state index contributed by atoms with van der Waals surface area (Å²) in [6, 6.07) is 3.85. The molecule has 0 saturated carbocycles. The van der Waals surface area contributed by atoms with Crippen LogP contribution in [0.1, 0.15) is 31.1 Å². The summed E-state index contributed by atoms with van der Waals surface area (Å²) in [5.74, 6) is -0.170. The number of carbonyl (C=O) groups excluding carboxylic acids is 3. The smallest absolute Gasteiger partial charge is 0.408 e. The zero-order chi connectivity index (χ0) is 18.8. The molecule has 0 aliphatic carbocycles. The third-order valence-electron chi connectivity index (χ3n) is 3.55. The Kier molecular flexibility index (Phi) is 5.32. The van der Waals surface area contributed by atoms with Crippen LogP contribution in [-0.4, -0.2) is 49.6 Å². The lowest BCUT2D eigenvalue weighted by atomic mass is 10.1. The van der Waals surface area contributed by atoms with Gasteiger partial charge >= 0.3 is 6.09 Å². The van der Waals surface area contributed by atoms with Crippen molar-refractivity contribution in [2.75, 3.05) is 25.1 Å². The number of hydrogen-bond donors (Lipinski definition) is 2. The van der Waals surface area contributed by atoms with E-state index < -0.39 is 17.7 Å². The number of fused-ring (bicyclic) bond motifs is 1. The highest BCUT2D eigenvalue weighted by molar-refractivity contribution is 6.03. The number of nitrogens with one attached hydrogen (secondary N) is 1. The van der Waals surface area contributed by atoms with E-state index in [-0.39, 0.29) is 24.8 Å². The molecule has 8 heteroatoms. The van der Waals surface area contributed by atoms with Crippen molar-refractivity contribution in [2.45, 2.75) is 32.4 Å². The quantitative estimate of drug-likeness (QED) is 0.790. The van der Waals surface area contributed by atoms with Crippen LogP contribution >= 0.6 is 0 Å². The number of alkyl carbamates (subject to hydrolysis) is 1. The third kappa shape index (κ3) is 4.48. The predicted molar refractivity (Wildman–Crippen MR) is 91.9 cm³/mol. The van der Waals surface area contributed by atoms with Gasteiger partial charge in [0.15, 0.2) is 5.78 Å². The first-order valence-electron chi connectivity index (χ1n) is 7.89. The summed E-state index contributed by atoms with van der Waals surface area (Å²) in [6.07, 6.45) is -0.701. The minimum atomic E-state index is -0.902. The Morgan fingerprint density at radius 2 is 2.08 bits per heavy atom. The molecule has 8 nitrogen and oxygen atoms in total. The van der Waals surface area contributed by atoms with Gasteiger partial charge in [-0.05, 0) is 39.0 Å². The number of anilines is 1. The number of benzene rings is 1. The van der Waals surface area contributed by atoms with E-state index in [0.717, 1.165) is 0 Å². The van der Waals surface area contributed by atoms with Gasteiger partial charge in [0, 0.05) is 12.6 Å². The number of hydrogen-bond acceptors (Lipinski definition) is 6. The second-order valence-electron chi connectivity index (χ2n) is 6.72. The number of amides is 2. The van der Waals surface area contributed by atoms with E-state index >= 15 is 0 Å². The average molecular weight is 349 g/mol. The van der Waals surface area contributed by atoms with E-state index in [2.05, 4.69) is 5.32 Å². The molecule has 136 valence electrons. The summed E-state index contributed by atoms with van der Waals surface area (Å²) in [5, 5.41) is 2.51. The fourth-order valence-electron chi connectivity index (χ4n) is 2.34. The number of likely N-dealkylation sites (N-methyl/N-ethyl adjacent to an activating group) is 1. The first kappa shape index (κ1) is 18.7. The molecule has 0 saturated heterocycles. The lowest BCUT2D eigenvalue weighted by Gasteiger charge is -2.23. The van der Waals surface area contributed by atoms with Crippen LogP contribution in [0.4, 0.5) is 10.5 Å². The van der Waals surface area contributed by atoms with Gasteiger partial charge in [-0.1, -0.05) is 0 Å². The monoisotopic (exact) mass is 349 g/mol. The minimum Gasteiger partial charge on any atom is -0.489 e. The molecule has 0 aromatic heterocycles. The van der Waals surface area contributed by atoms with Crippen molar-refractivity contribution >= 4 is 23.5 Å². The number of rotatable bonds is 3. The molecule has 1 heterocycles.